The van der Waals surface area contributed by atoms with Crippen LogP contribution in [0.1, 0.15) is 40.3 Å². The van der Waals surface area contributed by atoms with E-state index in [9.17, 15) is 14.3 Å². The van der Waals surface area contributed by atoms with Gasteiger partial charge in [-0.15, -0.1) is 0 Å². The minimum atomic E-state index is -1.15. The molecule has 1 unspecified atom stereocenters. The number of H-pyrrole nitrogens is 1. The van der Waals surface area contributed by atoms with Crippen molar-refractivity contribution >= 4 is 16.9 Å². The Balaban J connectivity index is 1.93. The van der Waals surface area contributed by atoms with E-state index < -0.39 is 12.1 Å². The minimum Gasteiger partial charge on any atom is -0.494 e. The fourth-order valence-corrected chi connectivity index (χ4v) is 3.76. The lowest BCUT2D eigenvalue weighted by Gasteiger charge is -2.14. The molecule has 0 saturated carbocycles. The predicted molar refractivity (Wildman–Crippen MR) is 119 cm³/mol. The maximum absolute atomic E-state index is 13.5. The fourth-order valence-electron chi connectivity index (χ4n) is 3.76. The number of halogens is 1. The second-order valence-corrected chi connectivity index (χ2v) is 7.36. The van der Waals surface area contributed by atoms with Gasteiger partial charge in [-0.3, -0.25) is 0 Å². The molecule has 4 rings (SSSR count). The topological polar surface area (TPSA) is 84.4 Å². The highest BCUT2D eigenvalue weighted by Crippen LogP contribution is 2.39. The van der Waals surface area contributed by atoms with E-state index in [4.69, 9.17) is 9.47 Å². The predicted octanol–water partition coefficient (Wildman–Crippen LogP) is 4.94. The first-order valence-corrected chi connectivity index (χ1v) is 10.2. The number of hydrogen-bond acceptors (Lipinski definition) is 5. The molecule has 2 N–H and O–H groups in total. The highest BCUT2D eigenvalue weighted by atomic mass is 19.1. The first-order valence-electron chi connectivity index (χ1n) is 10.2. The first-order chi connectivity index (χ1) is 15.4. The molecule has 4 aromatic rings. The Kier molecular flexibility index (Phi) is 5.92. The zero-order chi connectivity index (χ0) is 22.8. The number of nitrogens with zero attached hydrogens (tertiary/aromatic N) is 1. The van der Waals surface area contributed by atoms with Gasteiger partial charge < -0.3 is 19.6 Å². The summed E-state index contributed by atoms with van der Waals surface area (Å²) in [6.45, 7) is 4.37. The van der Waals surface area contributed by atoms with Crippen LogP contribution in [0.15, 0.2) is 54.6 Å². The number of ether oxygens (including phenoxy) is 2. The number of aliphatic hydroxyl groups excluding tert-OH is 1. The van der Waals surface area contributed by atoms with Crippen LogP contribution in [0.3, 0.4) is 0 Å². The van der Waals surface area contributed by atoms with Crippen molar-refractivity contribution in [2.24, 2.45) is 0 Å². The summed E-state index contributed by atoms with van der Waals surface area (Å²) in [6.07, 6.45) is -1.15. The van der Waals surface area contributed by atoms with Gasteiger partial charge in [0.2, 0.25) is 0 Å². The molecule has 0 aliphatic carbocycles. The molecule has 0 aliphatic rings. The van der Waals surface area contributed by atoms with Gasteiger partial charge in [-0.05, 0) is 67.4 Å². The Morgan fingerprint density at radius 1 is 1.19 bits per heavy atom. The highest BCUT2D eigenvalue weighted by molar-refractivity contribution is 5.93. The van der Waals surface area contributed by atoms with Crippen LogP contribution >= 0.6 is 0 Å². The fraction of sp³-hybridized carbons (Fsp3) is 0.200. The van der Waals surface area contributed by atoms with Crippen LogP contribution in [0.4, 0.5) is 4.39 Å². The highest BCUT2D eigenvalue weighted by Gasteiger charge is 2.24. The van der Waals surface area contributed by atoms with Crippen molar-refractivity contribution in [3.05, 3.63) is 82.9 Å². The standard InChI is InChI=1S/C25H23FN2O4/c1-4-32-21-13-20-17(12-14(21)2)22(23(28-20)15-8-10-16(26)11-9-15)24(29)18-6-5-7-19(27-18)25(30)31-3/h5-13,24,28-29H,4H2,1-3H3. The Bertz CT molecular complexity index is 1280. The van der Waals surface area contributed by atoms with Crippen molar-refractivity contribution in [3.8, 4) is 17.0 Å². The second kappa shape index (κ2) is 8.80. The van der Waals surface area contributed by atoms with Gasteiger partial charge >= 0.3 is 5.97 Å². The van der Waals surface area contributed by atoms with Gasteiger partial charge in [0.15, 0.2) is 0 Å². The van der Waals surface area contributed by atoms with E-state index in [-0.39, 0.29) is 11.5 Å². The Hall–Kier alpha value is -3.71. The van der Waals surface area contributed by atoms with Crippen LogP contribution in [0.5, 0.6) is 5.75 Å². The lowest BCUT2D eigenvalue weighted by molar-refractivity contribution is 0.0593. The summed E-state index contributed by atoms with van der Waals surface area (Å²) >= 11 is 0. The zero-order valence-corrected chi connectivity index (χ0v) is 18.0. The second-order valence-electron chi connectivity index (χ2n) is 7.36. The molecular weight excluding hydrogens is 411 g/mol. The lowest BCUT2D eigenvalue weighted by atomic mass is 9.97. The van der Waals surface area contributed by atoms with Crippen molar-refractivity contribution in [2.45, 2.75) is 20.0 Å². The van der Waals surface area contributed by atoms with Crippen molar-refractivity contribution < 1.29 is 23.8 Å². The quantitative estimate of drug-likeness (QED) is 0.420. The number of aliphatic hydroxyl groups is 1. The maximum Gasteiger partial charge on any atom is 0.356 e. The van der Waals surface area contributed by atoms with Crippen LogP contribution in [0.2, 0.25) is 0 Å². The number of pyridine rings is 1. The van der Waals surface area contributed by atoms with E-state index in [0.29, 0.717) is 29.1 Å². The van der Waals surface area contributed by atoms with Crippen molar-refractivity contribution in [2.75, 3.05) is 13.7 Å². The van der Waals surface area contributed by atoms with Crippen LogP contribution in [-0.4, -0.2) is 34.8 Å². The number of nitrogens with one attached hydrogen (secondary N) is 1. The number of aryl methyl sites for hydroxylation is 1. The Morgan fingerprint density at radius 2 is 1.94 bits per heavy atom. The summed E-state index contributed by atoms with van der Waals surface area (Å²) in [4.78, 5) is 19.6. The summed E-state index contributed by atoms with van der Waals surface area (Å²) in [5.41, 5.74) is 3.98. The minimum absolute atomic E-state index is 0.0991. The average Bonchev–Trinajstić information content (AvgIpc) is 3.17. The Morgan fingerprint density at radius 3 is 2.62 bits per heavy atom. The van der Waals surface area contributed by atoms with Gasteiger partial charge in [0, 0.05) is 22.5 Å². The van der Waals surface area contributed by atoms with E-state index >= 15 is 0 Å². The molecule has 0 bridgehead atoms. The molecule has 0 amide bonds. The number of methoxy groups -OCH3 is 1. The summed E-state index contributed by atoms with van der Waals surface area (Å²) in [7, 11) is 1.28. The summed E-state index contributed by atoms with van der Waals surface area (Å²) < 4.78 is 24.0. The third-order valence-corrected chi connectivity index (χ3v) is 5.29. The molecule has 0 spiro atoms. The van der Waals surface area contributed by atoms with E-state index in [1.165, 1.54) is 25.3 Å². The van der Waals surface area contributed by atoms with Crippen LogP contribution in [-0.2, 0) is 4.74 Å². The molecule has 2 aromatic heterocycles. The van der Waals surface area contributed by atoms with Gasteiger partial charge in [-0.2, -0.15) is 0 Å². The van der Waals surface area contributed by atoms with E-state index in [2.05, 4.69) is 9.97 Å². The maximum atomic E-state index is 13.5. The van der Waals surface area contributed by atoms with E-state index in [0.717, 1.165) is 22.2 Å². The number of carbonyl (C=O) groups excluding carboxylic acids is 1. The van der Waals surface area contributed by atoms with Crippen molar-refractivity contribution in [1.29, 1.82) is 0 Å². The zero-order valence-electron chi connectivity index (χ0n) is 18.0. The van der Waals surface area contributed by atoms with Gasteiger partial charge in [0.25, 0.3) is 0 Å². The molecule has 7 heteroatoms. The normalized spacial score (nSPS) is 12.0. The number of benzene rings is 2. The number of hydrogen-bond donors (Lipinski definition) is 2. The molecule has 0 fully saturated rings. The van der Waals surface area contributed by atoms with Crippen LogP contribution in [0.25, 0.3) is 22.2 Å². The molecular formula is C25H23FN2O4. The summed E-state index contributed by atoms with van der Waals surface area (Å²) in [5, 5.41) is 12.2. The largest absolute Gasteiger partial charge is 0.494 e. The Labute approximate surface area is 184 Å². The third kappa shape index (κ3) is 3.94. The van der Waals surface area contributed by atoms with Gasteiger partial charge in [0.05, 0.1) is 25.1 Å². The number of rotatable bonds is 6. The monoisotopic (exact) mass is 434 g/mol. The molecule has 6 nitrogen and oxygen atoms in total. The molecule has 2 aromatic carbocycles. The molecule has 1 atom stereocenters. The van der Waals surface area contributed by atoms with Gasteiger partial charge in [0.1, 0.15) is 23.4 Å². The summed E-state index contributed by atoms with van der Waals surface area (Å²) in [6, 6.07) is 14.6. The number of aromatic nitrogens is 2. The molecule has 0 aliphatic heterocycles. The SMILES string of the molecule is CCOc1cc2[nH]c(-c3ccc(F)cc3)c(C(O)c3cccc(C(=O)OC)n3)c2cc1C. The lowest BCUT2D eigenvalue weighted by Crippen LogP contribution is -2.09. The molecule has 2 heterocycles. The van der Waals surface area contributed by atoms with Crippen LogP contribution < -0.4 is 4.74 Å². The smallest absolute Gasteiger partial charge is 0.356 e. The van der Waals surface area contributed by atoms with Gasteiger partial charge in [-0.25, -0.2) is 14.2 Å². The van der Waals surface area contributed by atoms with Crippen molar-refractivity contribution in [3.63, 3.8) is 0 Å². The van der Waals surface area contributed by atoms with Crippen LogP contribution in [0, 0.1) is 12.7 Å². The molecule has 164 valence electrons. The number of aromatic amines is 1. The summed E-state index contributed by atoms with van der Waals surface area (Å²) in [5.74, 6) is -0.207. The molecule has 0 saturated heterocycles. The number of carbonyl (C=O) groups is 1. The first kappa shape index (κ1) is 21.5. The van der Waals surface area contributed by atoms with E-state index in [1.54, 1.807) is 24.3 Å². The number of esters is 1. The van der Waals surface area contributed by atoms with Crippen molar-refractivity contribution in [1.82, 2.24) is 9.97 Å². The number of fused-ring (bicyclic) bond motifs is 1. The average molecular weight is 434 g/mol. The molecule has 32 heavy (non-hydrogen) atoms. The van der Waals surface area contributed by atoms with E-state index in [1.807, 2.05) is 26.0 Å². The third-order valence-electron chi connectivity index (χ3n) is 5.29. The molecule has 0 radical (unpaired) electrons. The van der Waals surface area contributed by atoms with Gasteiger partial charge in [-0.1, -0.05) is 6.07 Å².